The third kappa shape index (κ3) is 3.51. The molecule has 0 aliphatic heterocycles. The maximum absolute atomic E-state index is 6.22. The Bertz CT molecular complexity index is 587. The molecule has 0 atom stereocenters. The van der Waals surface area contributed by atoms with E-state index in [-0.39, 0.29) is 0 Å². The van der Waals surface area contributed by atoms with Crippen LogP contribution in [-0.2, 0) is 5.75 Å². The summed E-state index contributed by atoms with van der Waals surface area (Å²) in [5, 5.41) is 1.71. The van der Waals surface area contributed by atoms with E-state index in [2.05, 4.69) is 0 Å². The lowest BCUT2D eigenvalue weighted by molar-refractivity contribution is 0.415. The Kier molecular flexibility index (Phi) is 5.28. The third-order valence-corrected chi connectivity index (χ3v) is 5.02. The topological polar surface area (TPSA) is 9.23 Å². The molecule has 19 heavy (non-hydrogen) atoms. The van der Waals surface area contributed by atoms with Crippen LogP contribution < -0.4 is 4.74 Å². The van der Waals surface area contributed by atoms with Crippen molar-refractivity contribution < 1.29 is 4.74 Å². The molecular weight excluding hydrogens is 323 g/mol. The van der Waals surface area contributed by atoms with Crippen molar-refractivity contribution in [3.05, 3.63) is 57.0 Å². The predicted octanol–water partition coefficient (Wildman–Crippen LogP) is 5.95. The normalized spacial score (nSPS) is 10.5. The van der Waals surface area contributed by atoms with E-state index in [1.165, 1.54) is 0 Å². The van der Waals surface area contributed by atoms with Crippen LogP contribution in [0.1, 0.15) is 5.56 Å². The molecule has 5 heteroatoms. The Morgan fingerprint density at radius 3 is 2.42 bits per heavy atom. The molecule has 2 aromatic carbocycles. The van der Waals surface area contributed by atoms with Gasteiger partial charge in [0.1, 0.15) is 10.8 Å². The zero-order chi connectivity index (χ0) is 13.8. The molecule has 0 aromatic heterocycles. The molecule has 0 unspecified atom stereocenters. The van der Waals surface area contributed by atoms with E-state index in [0.29, 0.717) is 15.8 Å². The molecule has 2 rings (SSSR count). The van der Waals surface area contributed by atoms with Gasteiger partial charge in [-0.25, -0.2) is 0 Å². The molecule has 0 amide bonds. The molecule has 0 heterocycles. The summed E-state index contributed by atoms with van der Waals surface area (Å²) in [6.45, 7) is 0. The van der Waals surface area contributed by atoms with Crippen LogP contribution in [-0.4, -0.2) is 7.11 Å². The highest BCUT2D eigenvalue weighted by Gasteiger charge is 2.11. The van der Waals surface area contributed by atoms with Crippen LogP contribution in [0, 0.1) is 0 Å². The van der Waals surface area contributed by atoms with Crippen molar-refractivity contribution in [2.75, 3.05) is 7.11 Å². The van der Waals surface area contributed by atoms with Crippen LogP contribution in [0.15, 0.2) is 41.3 Å². The maximum Gasteiger partial charge on any atom is 0.139 e. The summed E-state index contributed by atoms with van der Waals surface area (Å²) in [7, 11) is 1.56. The lowest BCUT2D eigenvalue weighted by Gasteiger charge is -2.09. The third-order valence-electron chi connectivity index (χ3n) is 2.57. The van der Waals surface area contributed by atoms with E-state index in [1.807, 2.05) is 36.4 Å². The Labute approximate surface area is 131 Å². The Morgan fingerprint density at radius 2 is 1.74 bits per heavy atom. The fraction of sp³-hybridized carbons (Fsp3) is 0.143. The van der Waals surface area contributed by atoms with Gasteiger partial charge in [-0.2, -0.15) is 0 Å². The number of hydrogen-bond acceptors (Lipinski definition) is 2. The maximum atomic E-state index is 6.22. The highest BCUT2D eigenvalue weighted by atomic mass is 35.5. The first-order chi connectivity index (χ1) is 9.13. The molecule has 0 N–H and O–H groups in total. The van der Waals surface area contributed by atoms with Crippen LogP contribution >= 0.6 is 46.6 Å². The zero-order valence-electron chi connectivity index (χ0n) is 10.1. The summed E-state index contributed by atoms with van der Waals surface area (Å²) in [5.41, 5.74) is 1.07. The molecule has 0 saturated heterocycles. The first-order valence-corrected chi connectivity index (χ1v) is 7.63. The lowest BCUT2D eigenvalue weighted by Crippen LogP contribution is -1.87. The Hall–Kier alpha value is -0.540. The van der Waals surface area contributed by atoms with E-state index < -0.39 is 0 Å². The van der Waals surface area contributed by atoms with Gasteiger partial charge in [-0.3, -0.25) is 0 Å². The van der Waals surface area contributed by atoms with E-state index in [4.69, 9.17) is 39.5 Å². The summed E-state index contributed by atoms with van der Waals surface area (Å²) in [6.07, 6.45) is 0. The van der Waals surface area contributed by atoms with Crippen LogP contribution in [0.25, 0.3) is 0 Å². The molecule has 0 radical (unpaired) electrons. The minimum absolute atomic E-state index is 0.438. The second-order valence-corrected chi connectivity index (χ2v) is 5.95. The summed E-state index contributed by atoms with van der Waals surface area (Å²) >= 11 is 20.0. The highest BCUT2D eigenvalue weighted by Crippen LogP contribution is 2.40. The van der Waals surface area contributed by atoms with Gasteiger partial charge in [0.05, 0.1) is 12.1 Å². The van der Waals surface area contributed by atoms with E-state index in [0.717, 1.165) is 21.2 Å². The predicted molar refractivity (Wildman–Crippen MR) is 84.0 cm³/mol. The number of benzene rings is 2. The highest BCUT2D eigenvalue weighted by molar-refractivity contribution is 7.98. The van der Waals surface area contributed by atoms with Gasteiger partial charge in [-0.15, -0.1) is 11.8 Å². The second-order valence-electron chi connectivity index (χ2n) is 3.77. The first-order valence-electron chi connectivity index (χ1n) is 5.51. The number of rotatable bonds is 4. The van der Waals surface area contributed by atoms with Gasteiger partial charge >= 0.3 is 0 Å². The van der Waals surface area contributed by atoms with Crippen molar-refractivity contribution >= 4 is 46.6 Å². The number of halogens is 3. The molecule has 100 valence electrons. The smallest absolute Gasteiger partial charge is 0.139 e. The number of thioether (sulfide) groups is 1. The molecule has 0 aliphatic carbocycles. The van der Waals surface area contributed by atoms with Crippen molar-refractivity contribution in [1.82, 2.24) is 0 Å². The molecule has 2 aromatic rings. The van der Waals surface area contributed by atoms with E-state index >= 15 is 0 Å². The minimum atomic E-state index is 0.438. The fourth-order valence-corrected chi connectivity index (χ4v) is 3.41. The van der Waals surface area contributed by atoms with Gasteiger partial charge in [0.15, 0.2) is 0 Å². The summed E-state index contributed by atoms with van der Waals surface area (Å²) in [6, 6.07) is 11.4. The molecule has 0 aliphatic rings. The van der Waals surface area contributed by atoms with E-state index in [1.54, 1.807) is 18.9 Å². The van der Waals surface area contributed by atoms with Gasteiger partial charge in [0.25, 0.3) is 0 Å². The van der Waals surface area contributed by atoms with Gasteiger partial charge in [0, 0.05) is 15.7 Å². The van der Waals surface area contributed by atoms with Crippen LogP contribution in [0.3, 0.4) is 0 Å². The van der Waals surface area contributed by atoms with Gasteiger partial charge in [0.2, 0.25) is 0 Å². The number of ether oxygens (including phenoxy) is 1. The van der Waals surface area contributed by atoms with Crippen molar-refractivity contribution in [3.63, 3.8) is 0 Å². The quantitative estimate of drug-likeness (QED) is 0.640. The second kappa shape index (κ2) is 6.76. The average molecular weight is 334 g/mol. The number of hydrogen-bond donors (Lipinski definition) is 0. The molecule has 1 nitrogen and oxygen atoms in total. The van der Waals surface area contributed by atoms with Crippen LogP contribution in [0.5, 0.6) is 5.75 Å². The van der Waals surface area contributed by atoms with Crippen LogP contribution in [0.4, 0.5) is 0 Å². The Morgan fingerprint density at radius 1 is 1.00 bits per heavy atom. The van der Waals surface area contributed by atoms with Crippen molar-refractivity contribution in [2.45, 2.75) is 10.6 Å². The average Bonchev–Trinajstić information content (AvgIpc) is 2.42. The van der Waals surface area contributed by atoms with Gasteiger partial charge in [-0.1, -0.05) is 53.0 Å². The van der Waals surface area contributed by atoms with Crippen molar-refractivity contribution in [3.8, 4) is 5.75 Å². The Balaban J connectivity index is 2.17. The monoisotopic (exact) mass is 332 g/mol. The lowest BCUT2D eigenvalue weighted by atomic mass is 10.2. The standard InChI is InChI=1S/C14H11Cl3OS/c1-18-11-6-7-12(14(17)13(11)16)19-8-9-4-2-3-5-10(9)15/h2-7H,8H2,1H3. The molecular formula is C14H11Cl3OS. The fourth-order valence-electron chi connectivity index (χ4n) is 1.55. The first kappa shape index (κ1) is 14.9. The SMILES string of the molecule is COc1ccc(SCc2ccccc2Cl)c(Cl)c1Cl. The summed E-state index contributed by atoms with van der Waals surface area (Å²) < 4.78 is 5.12. The molecule has 0 fully saturated rings. The molecule has 0 bridgehead atoms. The zero-order valence-corrected chi connectivity index (χ0v) is 13.2. The van der Waals surface area contributed by atoms with Crippen molar-refractivity contribution in [2.24, 2.45) is 0 Å². The number of methoxy groups -OCH3 is 1. The summed E-state index contributed by atoms with van der Waals surface area (Å²) in [5.74, 6) is 1.32. The summed E-state index contributed by atoms with van der Waals surface area (Å²) in [4.78, 5) is 0.910. The molecule has 0 spiro atoms. The minimum Gasteiger partial charge on any atom is -0.495 e. The van der Waals surface area contributed by atoms with Crippen LogP contribution in [0.2, 0.25) is 15.1 Å². The van der Waals surface area contributed by atoms with E-state index in [9.17, 15) is 0 Å². The largest absolute Gasteiger partial charge is 0.495 e. The molecule has 0 saturated carbocycles. The van der Waals surface area contributed by atoms with Gasteiger partial charge in [-0.05, 0) is 23.8 Å². The van der Waals surface area contributed by atoms with Crippen molar-refractivity contribution in [1.29, 1.82) is 0 Å². The van der Waals surface area contributed by atoms with Gasteiger partial charge < -0.3 is 4.74 Å².